The Hall–Kier alpha value is -2.14. The van der Waals surface area contributed by atoms with Gasteiger partial charge in [-0.05, 0) is 54.2 Å². The minimum atomic E-state index is -0.253. The first-order chi connectivity index (χ1) is 9.13. The highest BCUT2D eigenvalue weighted by molar-refractivity contribution is 7.80. The van der Waals surface area contributed by atoms with Crippen LogP contribution < -0.4 is 15.8 Å². The second kappa shape index (κ2) is 6.15. The van der Waals surface area contributed by atoms with Gasteiger partial charge in [0.2, 0.25) is 0 Å². The summed E-state index contributed by atoms with van der Waals surface area (Å²) in [7, 11) is 0. The minimum Gasteiger partial charge on any atom is -0.489 e. The molecule has 0 aliphatic heterocycles. The molecule has 3 nitrogen and oxygen atoms in total. The number of nitrogens with one attached hydrogen (secondary N) is 1. The average Bonchev–Trinajstić information content (AvgIpc) is 2.39. The van der Waals surface area contributed by atoms with E-state index in [-0.39, 0.29) is 10.9 Å². The highest BCUT2D eigenvalue weighted by Crippen LogP contribution is 2.17. The normalized spacial score (nSPS) is 9.95. The molecule has 0 aliphatic carbocycles. The van der Waals surface area contributed by atoms with Crippen molar-refractivity contribution >= 4 is 23.0 Å². The van der Waals surface area contributed by atoms with Gasteiger partial charge in [-0.2, -0.15) is 0 Å². The standard InChI is InChI=1S/C14H13FN2OS/c15-11-3-1-10(2-4-11)9-18-13-7-5-12(6-8-13)17-14(16)19/h1-8H,9H2,(H3,16,17,19). The summed E-state index contributed by atoms with van der Waals surface area (Å²) < 4.78 is 18.3. The van der Waals surface area contributed by atoms with Crippen molar-refractivity contribution in [2.45, 2.75) is 6.61 Å². The number of hydrogen-bond donors (Lipinski definition) is 2. The van der Waals surface area contributed by atoms with Crippen LogP contribution in [0.4, 0.5) is 10.1 Å². The molecule has 0 spiro atoms. The monoisotopic (exact) mass is 276 g/mol. The van der Waals surface area contributed by atoms with Crippen LogP contribution in [0.1, 0.15) is 5.56 Å². The number of nitrogens with two attached hydrogens (primary N) is 1. The Morgan fingerprint density at radius 1 is 1.11 bits per heavy atom. The van der Waals surface area contributed by atoms with E-state index in [1.165, 1.54) is 12.1 Å². The fraction of sp³-hybridized carbons (Fsp3) is 0.0714. The topological polar surface area (TPSA) is 47.3 Å². The molecule has 0 heterocycles. The van der Waals surface area contributed by atoms with E-state index in [4.69, 9.17) is 22.7 Å². The second-order valence-corrected chi connectivity index (χ2v) is 4.37. The Labute approximate surface area is 116 Å². The summed E-state index contributed by atoms with van der Waals surface area (Å²) >= 11 is 4.74. The van der Waals surface area contributed by atoms with E-state index in [1.54, 1.807) is 12.1 Å². The van der Waals surface area contributed by atoms with Crippen LogP contribution in [0.2, 0.25) is 0 Å². The molecule has 2 rings (SSSR count). The lowest BCUT2D eigenvalue weighted by Gasteiger charge is -2.08. The Bertz CT molecular complexity index is 555. The zero-order valence-electron chi connectivity index (χ0n) is 10.1. The predicted octanol–water partition coefficient (Wildman–Crippen LogP) is 3.06. The van der Waals surface area contributed by atoms with Crippen molar-refractivity contribution in [2.24, 2.45) is 5.73 Å². The lowest BCUT2D eigenvalue weighted by Crippen LogP contribution is -2.18. The first kappa shape index (κ1) is 13.3. The van der Waals surface area contributed by atoms with Crippen molar-refractivity contribution in [3.05, 3.63) is 59.9 Å². The van der Waals surface area contributed by atoms with Gasteiger partial charge in [0.25, 0.3) is 0 Å². The van der Waals surface area contributed by atoms with Gasteiger partial charge < -0.3 is 15.8 Å². The number of anilines is 1. The maximum atomic E-state index is 12.7. The number of ether oxygens (including phenoxy) is 1. The van der Waals surface area contributed by atoms with Gasteiger partial charge in [0.15, 0.2) is 5.11 Å². The van der Waals surface area contributed by atoms with Crippen LogP contribution in [-0.4, -0.2) is 5.11 Å². The van der Waals surface area contributed by atoms with E-state index in [0.717, 1.165) is 17.0 Å². The number of rotatable bonds is 4. The van der Waals surface area contributed by atoms with Crippen LogP contribution in [0, 0.1) is 5.82 Å². The molecule has 0 unspecified atom stereocenters. The van der Waals surface area contributed by atoms with Gasteiger partial charge in [-0.1, -0.05) is 12.1 Å². The van der Waals surface area contributed by atoms with Crippen molar-refractivity contribution in [3.8, 4) is 5.75 Å². The largest absolute Gasteiger partial charge is 0.489 e. The van der Waals surface area contributed by atoms with Crippen LogP contribution in [-0.2, 0) is 6.61 Å². The lowest BCUT2D eigenvalue weighted by molar-refractivity contribution is 0.306. The van der Waals surface area contributed by atoms with Gasteiger partial charge >= 0.3 is 0 Å². The highest BCUT2D eigenvalue weighted by Gasteiger charge is 1.98. The first-order valence-electron chi connectivity index (χ1n) is 5.67. The first-order valence-corrected chi connectivity index (χ1v) is 6.08. The summed E-state index contributed by atoms with van der Waals surface area (Å²) in [5.74, 6) is 0.467. The van der Waals surface area contributed by atoms with Gasteiger partial charge in [0, 0.05) is 5.69 Å². The molecule has 2 aromatic carbocycles. The van der Waals surface area contributed by atoms with Crippen LogP contribution in [0.5, 0.6) is 5.75 Å². The molecule has 0 fully saturated rings. The van der Waals surface area contributed by atoms with Gasteiger partial charge in [-0.3, -0.25) is 0 Å². The smallest absolute Gasteiger partial charge is 0.168 e. The molecule has 0 amide bonds. The number of benzene rings is 2. The fourth-order valence-corrected chi connectivity index (χ4v) is 1.64. The third-order valence-corrected chi connectivity index (χ3v) is 2.54. The average molecular weight is 276 g/mol. The van der Waals surface area contributed by atoms with Crippen LogP contribution in [0.3, 0.4) is 0 Å². The van der Waals surface area contributed by atoms with E-state index in [2.05, 4.69) is 5.32 Å². The van der Waals surface area contributed by atoms with E-state index in [9.17, 15) is 4.39 Å². The molecule has 0 bridgehead atoms. The highest BCUT2D eigenvalue weighted by atomic mass is 32.1. The predicted molar refractivity (Wildman–Crippen MR) is 77.6 cm³/mol. The summed E-state index contributed by atoms with van der Waals surface area (Å²) in [6, 6.07) is 13.5. The Balaban J connectivity index is 1.92. The second-order valence-electron chi connectivity index (χ2n) is 3.93. The van der Waals surface area contributed by atoms with Crippen molar-refractivity contribution in [1.82, 2.24) is 0 Å². The zero-order valence-corrected chi connectivity index (χ0v) is 10.9. The Kier molecular flexibility index (Phi) is 4.30. The summed E-state index contributed by atoms with van der Waals surface area (Å²) in [6.07, 6.45) is 0. The number of thiocarbonyl (C=S) groups is 1. The van der Waals surface area contributed by atoms with Crippen LogP contribution in [0.15, 0.2) is 48.5 Å². The van der Waals surface area contributed by atoms with Crippen molar-refractivity contribution in [2.75, 3.05) is 5.32 Å². The van der Waals surface area contributed by atoms with Crippen molar-refractivity contribution in [3.63, 3.8) is 0 Å². The molecular weight excluding hydrogens is 263 g/mol. The lowest BCUT2D eigenvalue weighted by atomic mass is 10.2. The molecule has 2 aromatic rings. The zero-order chi connectivity index (χ0) is 13.7. The van der Waals surface area contributed by atoms with Crippen LogP contribution in [0.25, 0.3) is 0 Å². The third-order valence-electron chi connectivity index (χ3n) is 2.44. The molecule has 19 heavy (non-hydrogen) atoms. The summed E-state index contributed by atoms with van der Waals surface area (Å²) in [5.41, 5.74) is 7.08. The summed E-state index contributed by atoms with van der Waals surface area (Å²) in [5, 5.41) is 3.05. The number of halogens is 1. The molecular formula is C14H13FN2OS. The fourth-order valence-electron chi connectivity index (χ4n) is 1.52. The van der Waals surface area contributed by atoms with E-state index < -0.39 is 0 Å². The van der Waals surface area contributed by atoms with Gasteiger partial charge in [-0.15, -0.1) is 0 Å². The van der Waals surface area contributed by atoms with E-state index >= 15 is 0 Å². The third kappa shape index (κ3) is 4.22. The minimum absolute atomic E-state index is 0.222. The molecule has 3 N–H and O–H groups in total. The van der Waals surface area contributed by atoms with Gasteiger partial charge in [0.05, 0.1) is 0 Å². The maximum absolute atomic E-state index is 12.7. The molecule has 0 saturated heterocycles. The van der Waals surface area contributed by atoms with Crippen molar-refractivity contribution < 1.29 is 9.13 Å². The molecule has 0 aromatic heterocycles. The number of hydrogen-bond acceptors (Lipinski definition) is 2. The molecule has 0 aliphatic rings. The molecule has 0 saturated carbocycles. The molecule has 0 radical (unpaired) electrons. The Morgan fingerprint density at radius 2 is 1.74 bits per heavy atom. The Morgan fingerprint density at radius 3 is 2.32 bits per heavy atom. The van der Waals surface area contributed by atoms with Crippen LogP contribution >= 0.6 is 12.2 Å². The molecule has 0 atom stereocenters. The van der Waals surface area contributed by atoms with Gasteiger partial charge in [0.1, 0.15) is 18.2 Å². The quantitative estimate of drug-likeness (QED) is 0.843. The summed E-state index contributed by atoms with van der Waals surface area (Å²) in [6.45, 7) is 0.391. The maximum Gasteiger partial charge on any atom is 0.168 e. The molecule has 98 valence electrons. The van der Waals surface area contributed by atoms with Gasteiger partial charge in [-0.25, -0.2) is 4.39 Å². The van der Waals surface area contributed by atoms with E-state index in [1.807, 2.05) is 24.3 Å². The van der Waals surface area contributed by atoms with Crippen molar-refractivity contribution in [1.29, 1.82) is 0 Å². The summed E-state index contributed by atoms with van der Waals surface area (Å²) in [4.78, 5) is 0. The SMILES string of the molecule is NC(=S)Nc1ccc(OCc2ccc(F)cc2)cc1. The van der Waals surface area contributed by atoms with E-state index in [0.29, 0.717) is 6.61 Å². The molecule has 5 heteroatoms.